The van der Waals surface area contributed by atoms with Crippen molar-refractivity contribution in [3.63, 3.8) is 0 Å². The Morgan fingerprint density at radius 1 is 1.26 bits per heavy atom. The first kappa shape index (κ1) is 15.0. The summed E-state index contributed by atoms with van der Waals surface area (Å²) in [5.41, 5.74) is 0. The van der Waals surface area contributed by atoms with Crippen molar-refractivity contribution in [1.29, 1.82) is 0 Å². The third kappa shape index (κ3) is 4.99. The lowest BCUT2D eigenvalue weighted by Crippen LogP contribution is -2.30. The number of aliphatic carboxylic acids is 1. The molecular weight excluding hydrogens is 248 g/mol. The Morgan fingerprint density at radius 3 is 2.42 bits per heavy atom. The number of carbonyl (C=O) groups is 2. The quantitative estimate of drug-likeness (QED) is 0.604. The smallest absolute Gasteiger partial charge is 0.320 e. The van der Waals surface area contributed by atoms with Gasteiger partial charge in [-0.2, -0.15) is 0 Å². The van der Waals surface area contributed by atoms with Crippen LogP contribution in [0.3, 0.4) is 0 Å². The van der Waals surface area contributed by atoms with Crippen LogP contribution in [0.2, 0.25) is 0 Å². The monoisotopic (exact) mass is 266 g/mol. The van der Waals surface area contributed by atoms with Crippen molar-refractivity contribution in [3.05, 3.63) is 30.3 Å². The second-order valence-electron chi connectivity index (χ2n) is 4.12. The summed E-state index contributed by atoms with van der Waals surface area (Å²) in [6, 6.07) is 9.05. The van der Waals surface area contributed by atoms with E-state index in [1.807, 2.05) is 18.2 Å². The van der Waals surface area contributed by atoms with Gasteiger partial charge >= 0.3 is 11.9 Å². The molecule has 0 radical (unpaired) electrons. The lowest BCUT2D eigenvalue weighted by Gasteiger charge is -2.18. The number of carbonyl (C=O) groups excluding carboxylic acids is 1. The van der Waals surface area contributed by atoms with Gasteiger partial charge < -0.3 is 14.6 Å². The third-order valence-corrected chi connectivity index (χ3v) is 2.52. The van der Waals surface area contributed by atoms with Gasteiger partial charge in [0, 0.05) is 6.42 Å². The van der Waals surface area contributed by atoms with Crippen LogP contribution in [0.1, 0.15) is 20.3 Å². The van der Waals surface area contributed by atoms with E-state index in [2.05, 4.69) is 0 Å². The Bertz CT molecular complexity index is 415. The second kappa shape index (κ2) is 7.41. The number of para-hydroxylation sites is 1. The summed E-state index contributed by atoms with van der Waals surface area (Å²) < 4.78 is 10.3. The zero-order valence-corrected chi connectivity index (χ0v) is 11.0. The number of carboxylic acids is 1. The maximum absolute atomic E-state index is 11.5. The molecular formula is C14H18O5. The fourth-order valence-corrected chi connectivity index (χ4v) is 1.65. The van der Waals surface area contributed by atoms with E-state index in [1.54, 1.807) is 26.0 Å². The molecule has 5 heteroatoms. The number of hydrogen-bond donors (Lipinski definition) is 1. The minimum Gasteiger partial charge on any atom is -0.491 e. The van der Waals surface area contributed by atoms with Crippen LogP contribution in [0.5, 0.6) is 5.75 Å². The van der Waals surface area contributed by atoms with E-state index in [1.165, 1.54) is 0 Å². The summed E-state index contributed by atoms with van der Waals surface area (Å²) in [4.78, 5) is 22.6. The van der Waals surface area contributed by atoms with Crippen molar-refractivity contribution in [2.24, 2.45) is 5.92 Å². The van der Waals surface area contributed by atoms with Crippen LogP contribution in [-0.2, 0) is 14.3 Å². The first-order valence-corrected chi connectivity index (χ1v) is 6.15. The van der Waals surface area contributed by atoms with Crippen LogP contribution in [0.15, 0.2) is 30.3 Å². The van der Waals surface area contributed by atoms with E-state index >= 15 is 0 Å². The van der Waals surface area contributed by atoms with Crippen molar-refractivity contribution in [1.82, 2.24) is 0 Å². The molecule has 0 heterocycles. The Morgan fingerprint density at radius 2 is 1.89 bits per heavy atom. The number of rotatable bonds is 7. The van der Waals surface area contributed by atoms with E-state index in [4.69, 9.17) is 14.6 Å². The largest absolute Gasteiger partial charge is 0.491 e. The highest BCUT2D eigenvalue weighted by Crippen LogP contribution is 2.16. The minimum absolute atomic E-state index is 0.0725. The summed E-state index contributed by atoms with van der Waals surface area (Å²) in [5.74, 6) is -2.47. The number of ether oxygens (including phenoxy) is 2. The zero-order valence-electron chi connectivity index (χ0n) is 11.0. The van der Waals surface area contributed by atoms with Gasteiger partial charge in [-0.1, -0.05) is 18.2 Å². The highest BCUT2D eigenvalue weighted by molar-refractivity contribution is 5.93. The van der Waals surface area contributed by atoms with Gasteiger partial charge in [-0.3, -0.25) is 9.59 Å². The Hall–Kier alpha value is -2.04. The first-order valence-electron chi connectivity index (χ1n) is 6.15. The molecule has 0 saturated heterocycles. The number of esters is 1. The molecule has 1 rings (SSSR count). The average molecular weight is 266 g/mol. The molecule has 0 bridgehead atoms. The third-order valence-electron chi connectivity index (χ3n) is 2.52. The second-order valence-corrected chi connectivity index (χ2v) is 4.12. The maximum Gasteiger partial charge on any atom is 0.320 e. The SMILES string of the molecule is CCOC(=O)C(CC(C)Oc1ccccc1)C(=O)O. The predicted octanol–water partition coefficient (Wildman–Crippen LogP) is 2.11. The lowest BCUT2D eigenvalue weighted by molar-refractivity contribution is -0.159. The van der Waals surface area contributed by atoms with Gasteiger partial charge in [-0.15, -0.1) is 0 Å². The van der Waals surface area contributed by atoms with Crippen molar-refractivity contribution < 1.29 is 24.2 Å². The van der Waals surface area contributed by atoms with Gasteiger partial charge in [0.05, 0.1) is 12.7 Å². The Balaban J connectivity index is 2.59. The van der Waals surface area contributed by atoms with Crippen LogP contribution >= 0.6 is 0 Å². The van der Waals surface area contributed by atoms with Crippen LogP contribution in [0.25, 0.3) is 0 Å². The van der Waals surface area contributed by atoms with Crippen molar-refractivity contribution in [2.75, 3.05) is 6.61 Å². The Labute approximate surface area is 112 Å². The molecule has 1 aromatic carbocycles. The van der Waals surface area contributed by atoms with Gasteiger partial charge in [-0.05, 0) is 26.0 Å². The highest BCUT2D eigenvalue weighted by atomic mass is 16.5. The molecule has 0 aliphatic rings. The molecule has 2 unspecified atom stereocenters. The van der Waals surface area contributed by atoms with Crippen molar-refractivity contribution in [2.45, 2.75) is 26.4 Å². The summed E-state index contributed by atoms with van der Waals surface area (Å²) in [6.45, 7) is 3.53. The normalized spacial score (nSPS) is 13.4. The molecule has 1 aromatic rings. The van der Waals surface area contributed by atoms with E-state index in [-0.39, 0.29) is 13.0 Å². The average Bonchev–Trinajstić information content (AvgIpc) is 2.37. The van der Waals surface area contributed by atoms with E-state index in [0.29, 0.717) is 5.75 Å². The molecule has 0 aliphatic heterocycles. The molecule has 5 nitrogen and oxygen atoms in total. The number of carboxylic acid groups (broad SMARTS) is 1. The first-order chi connectivity index (χ1) is 9.04. The zero-order chi connectivity index (χ0) is 14.3. The molecule has 0 spiro atoms. The van der Waals surface area contributed by atoms with Crippen molar-refractivity contribution in [3.8, 4) is 5.75 Å². The van der Waals surface area contributed by atoms with Gasteiger partial charge in [0.1, 0.15) is 5.75 Å². The van der Waals surface area contributed by atoms with Crippen LogP contribution in [0, 0.1) is 5.92 Å². The molecule has 0 aliphatic carbocycles. The van der Waals surface area contributed by atoms with Crippen LogP contribution in [-0.4, -0.2) is 29.8 Å². The lowest BCUT2D eigenvalue weighted by atomic mass is 10.0. The van der Waals surface area contributed by atoms with Crippen molar-refractivity contribution >= 4 is 11.9 Å². The van der Waals surface area contributed by atoms with E-state index in [9.17, 15) is 9.59 Å². The predicted molar refractivity (Wildman–Crippen MR) is 68.9 cm³/mol. The summed E-state index contributed by atoms with van der Waals surface area (Å²) >= 11 is 0. The molecule has 104 valence electrons. The molecule has 2 atom stereocenters. The van der Waals surface area contributed by atoms with Gasteiger partial charge in [-0.25, -0.2) is 0 Å². The van der Waals surface area contributed by atoms with E-state index < -0.39 is 24.0 Å². The van der Waals surface area contributed by atoms with E-state index in [0.717, 1.165) is 0 Å². The molecule has 0 amide bonds. The van der Waals surface area contributed by atoms with Crippen LogP contribution < -0.4 is 4.74 Å². The maximum atomic E-state index is 11.5. The van der Waals surface area contributed by atoms with Gasteiger partial charge in [0.15, 0.2) is 5.92 Å². The summed E-state index contributed by atoms with van der Waals surface area (Å²) in [5, 5.41) is 9.03. The highest BCUT2D eigenvalue weighted by Gasteiger charge is 2.30. The van der Waals surface area contributed by atoms with Gasteiger partial charge in [0.25, 0.3) is 0 Å². The fraction of sp³-hybridized carbons (Fsp3) is 0.429. The number of benzene rings is 1. The minimum atomic E-state index is -1.20. The number of hydrogen-bond acceptors (Lipinski definition) is 4. The Kier molecular flexibility index (Phi) is 5.85. The summed E-state index contributed by atoms with van der Waals surface area (Å²) in [6.07, 6.45) is -0.323. The van der Waals surface area contributed by atoms with Crippen LogP contribution in [0.4, 0.5) is 0 Å². The van der Waals surface area contributed by atoms with Gasteiger partial charge in [0.2, 0.25) is 0 Å². The standard InChI is InChI=1S/C14H18O5/c1-3-18-14(17)12(13(15)16)9-10(2)19-11-7-5-4-6-8-11/h4-8,10,12H,3,9H2,1-2H3,(H,15,16). The molecule has 19 heavy (non-hydrogen) atoms. The molecule has 0 aromatic heterocycles. The topological polar surface area (TPSA) is 72.8 Å². The fourth-order valence-electron chi connectivity index (χ4n) is 1.65. The molecule has 1 N–H and O–H groups in total. The molecule has 0 fully saturated rings. The molecule has 0 saturated carbocycles. The summed E-state index contributed by atoms with van der Waals surface area (Å²) in [7, 11) is 0.